The van der Waals surface area contributed by atoms with E-state index in [0.29, 0.717) is 19.3 Å². The molecule has 0 aliphatic rings. The molecule has 0 spiro atoms. The van der Waals surface area contributed by atoms with Gasteiger partial charge in [0.2, 0.25) is 0 Å². The van der Waals surface area contributed by atoms with E-state index in [2.05, 4.69) is 5.32 Å². The Kier molecular flexibility index (Phi) is 14.5. The summed E-state index contributed by atoms with van der Waals surface area (Å²) in [5.41, 5.74) is 0. The summed E-state index contributed by atoms with van der Waals surface area (Å²) in [7, 11) is 0. The van der Waals surface area contributed by atoms with Crippen LogP contribution in [0.25, 0.3) is 0 Å². The highest BCUT2D eigenvalue weighted by Gasteiger charge is 2.05. The van der Waals surface area contributed by atoms with Crippen molar-refractivity contribution >= 4 is 11.6 Å². The lowest BCUT2D eigenvalue weighted by Crippen LogP contribution is -2.32. The first kappa shape index (κ1) is 18.6. The molecule has 5 nitrogen and oxygen atoms in total. The number of nitrogens with one attached hydrogen (secondary N) is 1. The van der Waals surface area contributed by atoms with Gasteiger partial charge in [0.05, 0.1) is 19.3 Å². The van der Waals surface area contributed by atoms with Crippen molar-refractivity contribution in [1.29, 1.82) is 0 Å². The van der Waals surface area contributed by atoms with Crippen molar-refractivity contribution in [3.63, 3.8) is 0 Å². The van der Waals surface area contributed by atoms with Crippen molar-refractivity contribution in [3.8, 4) is 0 Å². The summed E-state index contributed by atoms with van der Waals surface area (Å²) in [4.78, 5) is 21.8. The zero-order valence-corrected chi connectivity index (χ0v) is 11.0. The molecule has 102 valence electrons. The van der Waals surface area contributed by atoms with E-state index in [0.717, 1.165) is 0 Å². The molecule has 0 radical (unpaired) electrons. The highest BCUT2D eigenvalue weighted by molar-refractivity contribution is 5.81. The van der Waals surface area contributed by atoms with Crippen LogP contribution in [0, 0.1) is 0 Å². The topological polar surface area (TPSA) is 86.6 Å². The van der Waals surface area contributed by atoms with Gasteiger partial charge < -0.3 is 20.3 Å². The first-order chi connectivity index (χ1) is 8.06. The van der Waals surface area contributed by atoms with Gasteiger partial charge in [-0.25, -0.2) is 0 Å². The molecule has 0 aliphatic carbocycles. The molecule has 0 saturated carbocycles. The molecule has 0 aromatic carbocycles. The van der Waals surface area contributed by atoms with Crippen molar-refractivity contribution in [2.24, 2.45) is 0 Å². The van der Waals surface area contributed by atoms with Crippen LogP contribution in [0.1, 0.15) is 40.0 Å². The molecular formula is C12H25NO4. The molecule has 5 heteroatoms. The fourth-order valence-corrected chi connectivity index (χ4v) is 1.07. The van der Waals surface area contributed by atoms with Crippen molar-refractivity contribution < 1.29 is 19.8 Å². The maximum absolute atomic E-state index is 11.2. The molecule has 1 unspecified atom stereocenters. The van der Waals surface area contributed by atoms with E-state index >= 15 is 0 Å². The van der Waals surface area contributed by atoms with E-state index in [9.17, 15) is 9.59 Å². The van der Waals surface area contributed by atoms with Gasteiger partial charge in [-0.1, -0.05) is 13.8 Å². The van der Waals surface area contributed by atoms with Gasteiger partial charge in [0.25, 0.3) is 0 Å². The number of Topliss-reactive ketones (excluding diaryl/α,β-unsaturated/α-hetero) is 2. The maximum Gasteiger partial charge on any atom is 0.146 e. The lowest BCUT2D eigenvalue weighted by atomic mass is 10.1. The van der Waals surface area contributed by atoms with Gasteiger partial charge in [0.15, 0.2) is 0 Å². The van der Waals surface area contributed by atoms with E-state index in [1.54, 1.807) is 0 Å². The van der Waals surface area contributed by atoms with Crippen LogP contribution >= 0.6 is 0 Å². The van der Waals surface area contributed by atoms with Crippen LogP contribution in [0.2, 0.25) is 0 Å². The summed E-state index contributed by atoms with van der Waals surface area (Å²) in [6, 6.07) is 0. The Morgan fingerprint density at radius 1 is 1.24 bits per heavy atom. The standard InChI is InChI=1S/C10H19NO4.C2H6/c1-8(13)3-2-4-9(14)5-11-6-10(15)7-12;1-2/h10-12,15H,2-7H2,1H3;1-2H3. The Morgan fingerprint density at radius 2 is 1.82 bits per heavy atom. The minimum Gasteiger partial charge on any atom is -0.394 e. The molecule has 0 aromatic heterocycles. The summed E-state index contributed by atoms with van der Waals surface area (Å²) >= 11 is 0. The molecule has 0 aliphatic heterocycles. The van der Waals surface area contributed by atoms with E-state index in [1.807, 2.05) is 13.8 Å². The van der Waals surface area contributed by atoms with Gasteiger partial charge in [-0.3, -0.25) is 4.79 Å². The zero-order valence-electron chi connectivity index (χ0n) is 11.0. The monoisotopic (exact) mass is 247 g/mol. The zero-order chi connectivity index (χ0) is 13.7. The predicted molar refractivity (Wildman–Crippen MR) is 66.8 cm³/mol. The number of aliphatic hydroxyl groups is 2. The molecule has 0 bridgehead atoms. The number of hydrogen-bond acceptors (Lipinski definition) is 5. The quantitative estimate of drug-likeness (QED) is 0.545. The fourth-order valence-electron chi connectivity index (χ4n) is 1.07. The average Bonchev–Trinajstić information content (AvgIpc) is 2.31. The Hall–Kier alpha value is -0.780. The molecule has 0 rings (SSSR count). The highest BCUT2D eigenvalue weighted by atomic mass is 16.3. The Bertz CT molecular complexity index is 207. The van der Waals surface area contributed by atoms with Crippen LogP contribution < -0.4 is 5.32 Å². The fraction of sp³-hybridized carbons (Fsp3) is 0.833. The third-order valence-electron chi connectivity index (χ3n) is 1.90. The van der Waals surface area contributed by atoms with E-state index in [1.165, 1.54) is 6.92 Å². The van der Waals surface area contributed by atoms with E-state index < -0.39 is 6.10 Å². The highest BCUT2D eigenvalue weighted by Crippen LogP contribution is 1.96. The van der Waals surface area contributed by atoms with Gasteiger partial charge >= 0.3 is 0 Å². The maximum atomic E-state index is 11.2. The molecule has 0 amide bonds. The van der Waals surface area contributed by atoms with E-state index in [-0.39, 0.29) is 31.3 Å². The lowest BCUT2D eigenvalue weighted by molar-refractivity contribution is -0.119. The van der Waals surface area contributed by atoms with Crippen molar-refractivity contribution in [2.75, 3.05) is 19.7 Å². The number of ketones is 2. The van der Waals surface area contributed by atoms with Crippen LogP contribution in [-0.4, -0.2) is 47.6 Å². The van der Waals surface area contributed by atoms with Gasteiger partial charge in [-0.05, 0) is 13.3 Å². The van der Waals surface area contributed by atoms with Crippen molar-refractivity contribution in [3.05, 3.63) is 0 Å². The molecule has 1 atom stereocenters. The van der Waals surface area contributed by atoms with Gasteiger partial charge in [-0.2, -0.15) is 0 Å². The smallest absolute Gasteiger partial charge is 0.146 e. The minimum atomic E-state index is -0.824. The van der Waals surface area contributed by atoms with Crippen LogP contribution in [-0.2, 0) is 9.59 Å². The summed E-state index contributed by atoms with van der Waals surface area (Å²) in [5.74, 6) is 0.104. The van der Waals surface area contributed by atoms with Crippen molar-refractivity contribution in [1.82, 2.24) is 5.32 Å². The third-order valence-corrected chi connectivity index (χ3v) is 1.90. The van der Waals surface area contributed by atoms with Crippen LogP contribution in [0.3, 0.4) is 0 Å². The number of rotatable bonds is 9. The largest absolute Gasteiger partial charge is 0.394 e. The normalized spacial score (nSPS) is 11.4. The molecular weight excluding hydrogens is 222 g/mol. The predicted octanol–water partition coefficient (Wildman–Crippen LogP) is 0.284. The van der Waals surface area contributed by atoms with E-state index in [4.69, 9.17) is 10.2 Å². The SMILES string of the molecule is CC.CC(=O)CCCC(=O)CNCC(O)CO. The Balaban J connectivity index is 0. The molecule has 0 heterocycles. The first-order valence-electron chi connectivity index (χ1n) is 6.07. The lowest BCUT2D eigenvalue weighted by Gasteiger charge is -2.07. The first-order valence-corrected chi connectivity index (χ1v) is 6.07. The van der Waals surface area contributed by atoms with Gasteiger partial charge in [-0.15, -0.1) is 0 Å². The minimum absolute atomic E-state index is 0.0152. The van der Waals surface area contributed by atoms with Crippen LogP contribution in [0.5, 0.6) is 0 Å². The van der Waals surface area contributed by atoms with Crippen LogP contribution in [0.15, 0.2) is 0 Å². The molecule has 0 saturated heterocycles. The summed E-state index contributed by atoms with van der Waals surface area (Å²) in [5, 5.41) is 20.2. The second kappa shape index (κ2) is 13.3. The second-order valence-corrected chi connectivity index (χ2v) is 3.56. The number of hydrogen-bond donors (Lipinski definition) is 3. The molecule has 0 aromatic rings. The number of carbonyl (C=O) groups is 2. The Morgan fingerprint density at radius 3 is 2.29 bits per heavy atom. The molecule has 0 fully saturated rings. The molecule has 3 N–H and O–H groups in total. The van der Waals surface area contributed by atoms with Crippen LogP contribution in [0.4, 0.5) is 0 Å². The Labute approximate surface area is 103 Å². The summed E-state index contributed by atoms with van der Waals surface area (Å²) < 4.78 is 0. The summed E-state index contributed by atoms with van der Waals surface area (Å²) in [6.45, 7) is 5.57. The third kappa shape index (κ3) is 15.2. The molecule has 17 heavy (non-hydrogen) atoms. The van der Waals surface area contributed by atoms with Gasteiger partial charge in [0.1, 0.15) is 11.6 Å². The summed E-state index contributed by atoms with van der Waals surface area (Å²) in [6.07, 6.45) is 0.570. The number of aliphatic hydroxyl groups excluding tert-OH is 2. The van der Waals surface area contributed by atoms with Crippen molar-refractivity contribution in [2.45, 2.75) is 46.1 Å². The van der Waals surface area contributed by atoms with Gasteiger partial charge in [0, 0.05) is 19.4 Å². The second-order valence-electron chi connectivity index (χ2n) is 3.56. The average molecular weight is 247 g/mol. The number of carbonyl (C=O) groups excluding carboxylic acids is 2.